The Hall–Kier alpha value is -2.99. The zero-order chi connectivity index (χ0) is 17.1. The minimum absolute atomic E-state index is 0.104. The number of aromatic amines is 1. The maximum absolute atomic E-state index is 12.1. The molecule has 0 aliphatic carbocycles. The molecule has 0 saturated heterocycles. The summed E-state index contributed by atoms with van der Waals surface area (Å²) in [5.74, 6) is 0.626. The van der Waals surface area contributed by atoms with Gasteiger partial charge in [0.05, 0.1) is 10.9 Å². The first kappa shape index (κ1) is 15.9. The Balaban J connectivity index is 1.91. The molecule has 3 aromatic rings. The van der Waals surface area contributed by atoms with Crippen LogP contribution in [0.15, 0.2) is 47.3 Å². The van der Waals surface area contributed by atoms with Crippen molar-refractivity contribution >= 4 is 16.7 Å². The number of Topliss-reactive ketones (excluding diaryl/α,β-unsaturated/α-hetero) is 1. The molecule has 6 heteroatoms. The number of aromatic nitrogens is 2. The smallest absolute Gasteiger partial charge is 0.258 e. The van der Waals surface area contributed by atoms with Gasteiger partial charge in [-0.2, -0.15) is 0 Å². The highest BCUT2D eigenvalue weighted by molar-refractivity contribution is 5.99. The second-order valence-electron chi connectivity index (χ2n) is 5.43. The zero-order valence-electron chi connectivity index (χ0n) is 13.1. The number of ketones is 1. The summed E-state index contributed by atoms with van der Waals surface area (Å²) in [5, 5.41) is 9.32. The third-order valence-corrected chi connectivity index (χ3v) is 3.59. The van der Waals surface area contributed by atoms with Crippen LogP contribution >= 0.6 is 0 Å². The van der Waals surface area contributed by atoms with Crippen molar-refractivity contribution in [2.24, 2.45) is 0 Å². The fraction of sp³-hybridized carbons (Fsp3) is 0.167. The highest BCUT2D eigenvalue weighted by atomic mass is 16.5. The van der Waals surface area contributed by atoms with Crippen molar-refractivity contribution in [1.29, 1.82) is 0 Å². The Morgan fingerprint density at radius 1 is 1.25 bits per heavy atom. The van der Waals surface area contributed by atoms with Crippen LogP contribution in [-0.4, -0.2) is 27.5 Å². The van der Waals surface area contributed by atoms with Gasteiger partial charge in [-0.3, -0.25) is 9.59 Å². The SMILES string of the molecule is Cc1cccc(OCc2nc3cc(C(=O)CO)ccc3c(=O)[nH]2)c1. The maximum Gasteiger partial charge on any atom is 0.258 e. The molecule has 2 aromatic carbocycles. The standard InChI is InChI=1S/C18H16N2O4/c1-11-3-2-4-13(7-11)24-10-17-19-15-8-12(16(22)9-21)5-6-14(15)18(23)20-17/h2-8,21H,9-10H2,1H3,(H,19,20,23). The third kappa shape index (κ3) is 3.33. The molecular formula is C18H16N2O4. The summed E-state index contributed by atoms with van der Waals surface area (Å²) in [6.07, 6.45) is 0. The molecule has 0 atom stereocenters. The van der Waals surface area contributed by atoms with Crippen LogP contribution < -0.4 is 10.3 Å². The van der Waals surface area contributed by atoms with Crippen molar-refractivity contribution in [2.45, 2.75) is 13.5 Å². The predicted molar refractivity (Wildman–Crippen MR) is 89.3 cm³/mol. The van der Waals surface area contributed by atoms with Crippen molar-refractivity contribution in [3.63, 3.8) is 0 Å². The minimum Gasteiger partial charge on any atom is -0.486 e. The first-order valence-electron chi connectivity index (χ1n) is 7.43. The average molecular weight is 324 g/mol. The van der Waals surface area contributed by atoms with E-state index >= 15 is 0 Å². The Morgan fingerprint density at radius 2 is 2.08 bits per heavy atom. The molecule has 1 heterocycles. The lowest BCUT2D eigenvalue weighted by atomic mass is 10.1. The van der Waals surface area contributed by atoms with Gasteiger partial charge in [0.2, 0.25) is 0 Å². The molecule has 1 aromatic heterocycles. The lowest BCUT2D eigenvalue weighted by Gasteiger charge is -2.07. The van der Waals surface area contributed by atoms with E-state index in [0.29, 0.717) is 28.0 Å². The molecule has 0 bridgehead atoms. The summed E-state index contributed by atoms with van der Waals surface area (Å²) in [6.45, 7) is 1.48. The molecule has 2 N–H and O–H groups in total. The molecule has 0 amide bonds. The Kier molecular flexibility index (Phi) is 4.39. The quantitative estimate of drug-likeness (QED) is 0.700. The van der Waals surface area contributed by atoms with Crippen molar-refractivity contribution in [1.82, 2.24) is 9.97 Å². The number of hydrogen-bond acceptors (Lipinski definition) is 5. The highest BCUT2D eigenvalue weighted by Gasteiger charge is 2.09. The van der Waals surface area contributed by atoms with Crippen molar-refractivity contribution in [3.8, 4) is 5.75 Å². The molecule has 0 radical (unpaired) electrons. The van der Waals surface area contributed by atoms with Crippen LogP contribution in [0.3, 0.4) is 0 Å². The topological polar surface area (TPSA) is 92.3 Å². The number of ether oxygens (including phenoxy) is 1. The fourth-order valence-electron chi connectivity index (χ4n) is 2.38. The number of aliphatic hydroxyl groups is 1. The number of H-pyrrole nitrogens is 1. The van der Waals surface area contributed by atoms with Gasteiger partial charge in [0.25, 0.3) is 5.56 Å². The summed E-state index contributed by atoms with van der Waals surface area (Å²) in [5.41, 5.74) is 1.47. The lowest BCUT2D eigenvalue weighted by Crippen LogP contribution is -2.14. The second kappa shape index (κ2) is 6.64. The fourth-order valence-corrected chi connectivity index (χ4v) is 2.38. The molecule has 0 spiro atoms. The van der Waals surface area contributed by atoms with Gasteiger partial charge in [0.15, 0.2) is 5.78 Å². The molecule has 0 aliphatic heterocycles. The van der Waals surface area contributed by atoms with Gasteiger partial charge >= 0.3 is 0 Å². The first-order chi connectivity index (χ1) is 11.6. The predicted octanol–water partition coefficient (Wildman–Crippen LogP) is 1.99. The third-order valence-electron chi connectivity index (χ3n) is 3.59. The number of nitrogens with zero attached hydrogens (tertiary/aromatic N) is 1. The van der Waals surface area contributed by atoms with E-state index in [-0.39, 0.29) is 12.2 Å². The molecular weight excluding hydrogens is 308 g/mol. The van der Waals surface area contributed by atoms with E-state index in [1.807, 2.05) is 31.2 Å². The molecule has 3 rings (SSSR count). The molecule has 0 unspecified atom stereocenters. The highest BCUT2D eigenvalue weighted by Crippen LogP contribution is 2.15. The number of aliphatic hydroxyl groups excluding tert-OH is 1. The van der Waals surface area contributed by atoms with Gasteiger partial charge in [-0.25, -0.2) is 4.98 Å². The number of nitrogens with one attached hydrogen (secondary N) is 1. The van der Waals surface area contributed by atoms with Gasteiger partial charge in [-0.1, -0.05) is 18.2 Å². The number of aryl methyl sites for hydroxylation is 1. The summed E-state index contributed by atoms with van der Waals surface area (Å²) in [6, 6.07) is 12.1. The van der Waals surface area contributed by atoms with E-state index < -0.39 is 12.4 Å². The number of rotatable bonds is 5. The van der Waals surface area contributed by atoms with Crippen LogP contribution in [0.1, 0.15) is 21.7 Å². The van der Waals surface area contributed by atoms with Gasteiger partial charge in [-0.05, 0) is 36.8 Å². The van der Waals surface area contributed by atoms with Crippen LogP contribution in [0.4, 0.5) is 0 Å². The second-order valence-corrected chi connectivity index (χ2v) is 5.43. The van der Waals surface area contributed by atoms with Crippen LogP contribution in [0.2, 0.25) is 0 Å². The monoisotopic (exact) mass is 324 g/mol. The summed E-state index contributed by atoms with van der Waals surface area (Å²) in [4.78, 5) is 30.7. The minimum atomic E-state index is -0.585. The number of carbonyl (C=O) groups is 1. The first-order valence-corrected chi connectivity index (χ1v) is 7.43. The molecule has 0 fully saturated rings. The largest absolute Gasteiger partial charge is 0.486 e. The van der Waals surface area contributed by atoms with E-state index in [1.54, 1.807) is 0 Å². The van der Waals surface area contributed by atoms with E-state index in [2.05, 4.69) is 9.97 Å². The molecule has 0 saturated carbocycles. The number of carbonyl (C=O) groups excluding carboxylic acids is 1. The Morgan fingerprint density at radius 3 is 2.83 bits per heavy atom. The van der Waals surface area contributed by atoms with Gasteiger partial charge < -0.3 is 14.8 Å². The van der Waals surface area contributed by atoms with E-state index in [1.165, 1.54) is 18.2 Å². The van der Waals surface area contributed by atoms with Crippen LogP contribution in [0.5, 0.6) is 5.75 Å². The molecule has 122 valence electrons. The van der Waals surface area contributed by atoms with Crippen LogP contribution in [-0.2, 0) is 6.61 Å². The number of hydrogen-bond donors (Lipinski definition) is 2. The van der Waals surface area contributed by atoms with Crippen LogP contribution in [0, 0.1) is 6.92 Å². The summed E-state index contributed by atoms with van der Waals surface area (Å²) >= 11 is 0. The van der Waals surface area contributed by atoms with E-state index in [0.717, 1.165) is 5.56 Å². The lowest BCUT2D eigenvalue weighted by molar-refractivity contribution is 0.0904. The van der Waals surface area contributed by atoms with Gasteiger partial charge in [-0.15, -0.1) is 0 Å². The average Bonchev–Trinajstić information content (AvgIpc) is 2.59. The molecule has 24 heavy (non-hydrogen) atoms. The molecule has 0 aliphatic rings. The summed E-state index contributed by atoms with van der Waals surface area (Å²) < 4.78 is 5.64. The van der Waals surface area contributed by atoms with Crippen molar-refractivity contribution < 1.29 is 14.6 Å². The Labute approximate surface area is 137 Å². The van der Waals surface area contributed by atoms with Gasteiger partial charge in [0, 0.05) is 5.56 Å². The normalized spacial score (nSPS) is 10.8. The van der Waals surface area contributed by atoms with E-state index in [9.17, 15) is 9.59 Å². The van der Waals surface area contributed by atoms with E-state index in [4.69, 9.17) is 9.84 Å². The summed E-state index contributed by atoms with van der Waals surface area (Å²) in [7, 11) is 0. The Bertz CT molecular complexity index is 963. The zero-order valence-corrected chi connectivity index (χ0v) is 13.1. The maximum atomic E-state index is 12.1. The molecule has 6 nitrogen and oxygen atoms in total. The van der Waals surface area contributed by atoms with Crippen molar-refractivity contribution in [2.75, 3.05) is 6.61 Å². The number of benzene rings is 2. The van der Waals surface area contributed by atoms with Crippen LogP contribution in [0.25, 0.3) is 10.9 Å². The van der Waals surface area contributed by atoms with Gasteiger partial charge in [0.1, 0.15) is 24.8 Å². The number of fused-ring (bicyclic) bond motifs is 1. The van der Waals surface area contributed by atoms with Crippen molar-refractivity contribution in [3.05, 3.63) is 69.8 Å².